The maximum absolute atomic E-state index is 12.8. The topological polar surface area (TPSA) is 78.9 Å². The fraction of sp³-hybridized carbons (Fsp3) is 0.667. The maximum atomic E-state index is 12.8. The van der Waals surface area contributed by atoms with Crippen LogP contribution in [-0.2, 0) is 28.6 Å². The van der Waals surface area contributed by atoms with Crippen molar-refractivity contribution >= 4 is 17.9 Å². The molecule has 0 N–H and O–H groups in total. The van der Waals surface area contributed by atoms with E-state index in [-0.39, 0.29) is 31.6 Å². The van der Waals surface area contributed by atoms with Gasteiger partial charge < -0.3 is 14.2 Å². The number of ether oxygens (including phenoxy) is 3. The van der Waals surface area contributed by atoms with Crippen LogP contribution < -0.4 is 0 Å². The molecule has 0 unspecified atom stereocenters. The molecule has 0 bridgehead atoms. The first-order valence-electron chi connectivity index (χ1n) is 28.4. The van der Waals surface area contributed by atoms with Gasteiger partial charge in [-0.1, -0.05) is 226 Å². The van der Waals surface area contributed by atoms with Crippen molar-refractivity contribution in [2.75, 3.05) is 13.2 Å². The SMILES string of the molecule is CC/C=C\C/C=C\C/C=C\C/C=C\C/C=C\C/C=C\CCC(=O)O[C@H](COC(=O)CCCCCCCCC/C=C\C/C=C\CCCCC)COC(=O)CCCCCCCCC/C=C\CCCCCC. The Balaban J connectivity index is 4.53. The van der Waals surface area contributed by atoms with Gasteiger partial charge in [-0.2, -0.15) is 0 Å². The van der Waals surface area contributed by atoms with Gasteiger partial charge in [0.15, 0.2) is 6.10 Å². The highest BCUT2D eigenvalue weighted by molar-refractivity contribution is 5.71. The Hall–Kier alpha value is -3.93. The molecule has 69 heavy (non-hydrogen) atoms. The van der Waals surface area contributed by atoms with Crippen molar-refractivity contribution in [2.45, 2.75) is 258 Å². The number of allylic oxidation sites excluding steroid dienone is 18. The summed E-state index contributed by atoms with van der Waals surface area (Å²) >= 11 is 0. The van der Waals surface area contributed by atoms with Crippen LogP contribution in [0.2, 0.25) is 0 Å². The van der Waals surface area contributed by atoms with Gasteiger partial charge in [0.05, 0.1) is 0 Å². The average molecular weight is 958 g/mol. The molecule has 1 atom stereocenters. The summed E-state index contributed by atoms with van der Waals surface area (Å²) in [5.41, 5.74) is 0. The molecule has 0 spiro atoms. The zero-order valence-corrected chi connectivity index (χ0v) is 44.8. The van der Waals surface area contributed by atoms with E-state index in [2.05, 4.69) is 118 Å². The molecule has 0 heterocycles. The van der Waals surface area contributed by atoms with E-state index in [0.29, 0.717) is 19.3 Å². The van der Waals surface area contributed by atoms with Crippen LogP contribution in [0.25, 0.3) is 0 Å². The molecule has 0 aliphatic rings. The third kappa shape index (κ3) is 54.9. The molecular weight excluding hydrogens is 853 g/mol. The monoisotopic (exact) mass is 957 g/mol. The minimum atomic E-state index is -0.826. The number of unbranched alkanes of at least 4 members (excludes halogenated alkanes) is 21. The summed E-state index contributed by atoms with van der Waals surface area (Å²) in [7, 11) is 0. The Bertz CT molecular complexity index is 1420. The van der Waals surface area contributed by atoms with Crippen LogP contribution in [0.1, 0.15) is 252 Å². The summed E-state index contributed by atoms with van der Waals surface area (Å²) in [6, 6.07) is 0. The molecule has 0 aliphatic heterocycles. The van der Waals surface area contributed by atoms with Crippen LogP contribution >= 0.6 is 0 Å². The van der Waals surface area contributed by atoms with Gasteiger partial charge >= 0.3 is 17.9 Å². The summed E-state index contributed by atoms with van der Waals surface area (Å²) in [4.78, 5) is 38.1. The van der Waals surface area contributed by atoms with Gasteiger partial charge in [0.25, 0.3) is 0 Å². The number of carbonyl (C=O) groups is 3. The predicted octanol–water partition coefficient (Wildman–Crippen LogP) is 19.1. The standard InChI is InChI=1S/C63H104O6/c1-4-7-10-13-16-19-22-25-28-30-31-33-36-39-42-45-48-51-54-57-63(66)69-60(58-67-61(64)55-52-49-46-43-40-37-34-27-24-21-18-15-12-9-6-3)59-68-62(65)56-53-50-47-44-41-38-35-32-29-26-23-20-17-14-11-8-5-2/h7,10,16-17,19-21,24-26,28-29,31,33,39,42,48,51,60H,4-6,8-9,11-15,18,22-23,27,30,32,34-38,40-41,43-47,49-50,52-59H2,1-3H3/b10-7-,19-16-,20-17-,24-21-,28-25-,29-26-,33-31-,42-39-,51-48-/t60-/m0/s1. The molecule has 6 nitrogen and oxygen atoms in total. The van der Waals surface area contributed by atoms with Crippen LogP contribution in [0.3, 0.4) is 0 Å². The predicted molar refractivity (Wildman–Crippen MR) is 297 cm³/mol. The Morgan fingerprint density at radius 1 is 0.304 bits per heavy atom. The lowest BCUT2D eigenvalue weighted by atomic mass is 10.1. The molecule has 0 rings (SSSR count). The Morgan fingerprint density at radius 2 is 0.594 bits per heavy atom. The van der Waals surface area contributed by atoms with Crippen molar-refractivity contribution in [3.63, 3.8) is 0 Å². The summed E-state index contributed by atoms with van der Waals surface area (Å²) < 4.78 is 16.8. The second-order valence-electron chi connectivity index (χ2n) is 18.5. The number of carbonyl (C=O) groups excluding carboxylic acids is 3. The minimum Gasteiger partial charge on any atom is -0.462 e. The third-order valence-corrected chi connectivity index (χ3v) is 11.7. The van der Waals surface area contributed by atoms with Crippen molar-refractivity contribution < 1.29 is 28.6 Å². The fourth-order valence-electron chi connectivity index (χ4n) is 7.49. The number of rotatable bonds is 50. The molecule has 0 radical (unpaired) electrons. The Morgan fingerprint density at radius 3 is 0.986 bits per heavy atom. The van der Waals surface area contributed by atoms with Crippen molar-refractivity contribution in [1.29, 1.82) is 0 Å². The molecule has 0 aromatic carbocycles. The van der Waals surface area contributed by atoms with E-state index in [0.717, 1.165) is 89.9 Å². The van der Waals surface area contributed by atoms with Crippen LogP contribution in [0.5, 0.6) is 0 Å². The van der Waals surface area contributed by atoms with Gasteiger partial charge in [0.1, 0.15) is 13.2 Å². The Labute approximate surface area is 425 Å². The van der Waals surface area contributed by atoms with E-state index < -0.39 is 12.1 Å². The largest absolute Gasteiger partial charge is 0.462 e. The molecule has 0 amide bonds. The van der Waals surface area contributed by atoms with Crippen LogP contribution in [-0.4, -0.2) is 37.2 Å². The minimum absolute atomic E-state index is 0.114. The smallest absolute Gasteiger partial charge is 0.306 e. The van der Waals surface area contributed by atoms with E-state index in [9.17, 15) is 14.4 Å². The van der Waals surface area contributed by atoms with E-state index in [1.165, 1.54) is 116 Å². The van der Waals surface area contributed by atoms with Gasteiger partial charge in [0.2, 0.25) is 0 Å². The molecule has 0 saturated carbocycles. The van der Waals surface area contributed by atoms with E-state index >= 15 is 0 Å². The van der Waals surface area contributed by atoms with Gasteiger partial charge in [0, 0.05) is 19.3 Å². The number of esters is 3. The maximum Gasteiger partial charge on any atom is 0.306 e. The Kier molecular flexibility index (Phi) is 53.4. The molecule has 0 fully saturated rings. The van der Waals surface area contributed by atoms with Gasteiger partial charge in [-0.15, -0.1) is 0 Å². The molecule has 0 aliphatic carbocycles. The van der Waals surface area contributed by atoms with Crippen molar-refractivity contribution in [1.82, 2.24) is 0 Å². The van der Waals surface area contributed by atoms with Gasteiger partial charge in [-0.05, 0) is 116 Å². The number of hydrogen-bond acceptors (Lipinski definition) is 6. The third-order valence-electron chi connectivity index (χ3n) is 11.7. The molecule has 0 aromatic heterocycles. The highest BCUT2D eigenvalue weighted by Crippen LogP contribution is 2.14. The quantitative estimate of drug-likeness (QED) is 0.0262. The van der Waals surface area contributed by atoms with Crippen molar-refractivity contribution in [2.24, 2.45) is 0 Å². The van der Waals surface area contributed by atoms with E-state index in [4.69, 9.17) is 14.2 Å². The average Bonchev–Trinajstić information content (AvgIpc) is 3.35. The molecule has 0 aromatic rings. The summed E-state index contributed by atoms with van der Waals surface area (Å²) in [5, 5.41) is 0. The number of hydrogen-bond donors (Lipinski definition) is 0. The van der Waals surface area contributed by atoms with Crippen LogP contribution in [0.4, 0.5) is 0 Å². The first-order chi connectivity index (χ1) is 34.0. The van der Waals surface area contributed by atoms with Crippen LogP contribution in [0, 0.1) is 0 Å². The lowest BCUT2D eigenvalue weighted by Gasteiger charge is -2.18. The van der Waals surface area contributed by atoms with Crippen molar-refractivity contribution in [3.05, 3.63) is 109 Å². The molecule has 392 valence electrons. The molecular formula is C63H104O6. The lowest BCUT2D eigenvalue weighted by molar-refractivity contribution is -0.166. The summed E-state index contributed by atoms with van der Waals surface area (Å²) in [6.45, 7) is 6.42. The first kappa shape index (κ1) is 65.1. The highest BCUT2D eigenvalue weighted by Gasteiger charge is 2.19. The van der Waals surface area contributed by atoms with E-state index in [1.807, 2.05) is 12.2 Å². The molecule has 0 saturated heterocycles. The zero-order chi connectivity index (χ0) is 50.0. The molecule has 6 heteroatoms. The highest BCUT2D eigenvalue weighted by atomic mass is 16.6. The van der Waals surface area contributed by atoms with Gasteiger partial charge in [-0.25, -0.2) is 0 Å². The van der Waals surface area contributed by atoms with Crippen LogP contribution in [0.15, 0.2) is 109 Å². The van der Waals surface area contributed by atoms with E-state index in [1.54, 1.807) is 0 Å². The second kappa shape index (κ2) is 56.7. The van der Waals surface area contributed by atoms with Gasteiger partial charge in [-0.3, -0.25) is 14.4 Å². The fourth-order valence-corrected chi connectivity index (χ4v) is 7.49. The second-order valence-corrected chi connectivity index (χ2v) is 18.5. The normalized spacial score (nSPS) is 12.9. The lowest BCUT2D eigenvalue weighted by Crippen LogP contribution is -2.30. The summed E-state index contributed by atoms with van der Waals surface area (Å²) in [5.74, 6) is -1.01. The van der Waals surface area contributed by atoms with Crippen molar-refractivity contribution in [3.8, 4) is 0 Å². The first-order valence-corrected chi connectivity index (χ1v) is 28.4. The summed E-state index contributed by atoms with van der Waals surface area (Å²) in [6.07, 6.45) is 76.5. The zero-order valence-electron chi connectivity index (χ0n) is 44.8.